The largest absolute Gasteiger partial charge is 0.492 e. The van der Waals surface area contributed by atoms with Crippen molar-refractivity contribution >= 4 is 17.3 Å². The van der Waals surface area contributed by atoms with E-state index in [1.54, 1.807) is 6.07 Å². The monoisotopic (exact) mass is 265 g/mol. The molecular weight excluding hydrogens is 253 g/mol. The molecule has 0 heterocycles. The third-order valence-electron chi connectivity index (χ3n) is 2.36. The lowest BCUT2D eigenvalue weighted by Crippen LogP contribution is -2.11. The minimum Gasteiger partial charge on any atom is -0.492 e. The molecule has 0 saturated carbocycles. The van der Waals surface area contributed by atoms with Gasteiger partial charge in [-0.3, -0.25) is 0 Å². The number of ether oxygens (including phenoxy) is 1. The maximum atomic E-state index is 12.9. The van der Waals surface area contributed by atoms with E-state index in [1.807, 2.05) is 30.3 Å². The normalized spacial score (nSPS) is 10.1. The number of rotatable bonds is 5. The Morgan fingerprint density at radius 2 is 1.89 bits per heavy atom. The SMILES string of the molecule is Fc1ccc(OCCNc2ccccc2)cc1Cl. The van der Waals surface area contributed by atoms with E-state index in [1.165, 1.54) is 12.1 Å². The van der Waals surface area contributed by atoms with Crippen LogP contribution in [0, 0.1) is 5.82 Å². The van der Waals surface area contributed by atoms with Crippen LogP contribution in [-0.2, 0) is 0 Å². The van der Waals surface area contributed by atoms with Crippen LogP contribution in [0.3, 0.4) is 0 Å². The molecule has 2 aromatic rings. The van der Waals surface area contributed by atoms with Crippen molar-refractivity contribution in [2.24, 2.45) is 0 Å². The van der Waals surface area contributed by atoms with Crippen molar-refractivity contribution in [1.82, 2.24) is 0 Å². The summed E-state index contributed by atoms with van der Waals surface area (Å²) in [6.07, 6.45) is 0. The molecule has 0 aromatic heterocycles. The van der Waals surface area contributed by atoms with Gasteiger partial charge in [0.15, 0.2) is 0 Å². The van der Waals surface area contributed by atoms with Crippen molar-refractivity contribution in [3.8, 4) is 5.75 Å². The van der Waals surface area contributed by atoms with E-state index in [9.17, 15) is 4.39 Å². The van der Waals surface area contributed by atoms with Gasteiger partial charge in [-0.05, 0) is 24.3 Å². The fraction of sp³-hybridized carbons (Fsp3) is 0.143. The number of nitrogens with one attached hydrogen (secondary N) is 1. The van der Waals surface area contributed by atoms with E-state index in [0.717, 1.165) is 5.69 Å². The number of anilines is 1. The van der Waals surface area contributed by atoms with Crippen molar-refractivity contribution < 1.29 is 9.13 Å². The number of hydrogen-bond acceptors (Lipinski definition) is 2. The second kappa shape index (κ2) is 6.26. The Balaban J connectivity index is 1.77. The first-order valence-corrected chi connectivity index (χ1v) is 6.00. The Bertz CT molecular complexity index is 504. The summed E-state index contributed by atoms with van der Waals surface area (Å²) in [6, 6.07) is 14.2. The van der Waals surface area contributed by atoms with Crippen LogP contribution >= 0.6 is 11.6 Å². The highest BCUT2D eigenvalue weighted by atomic mass is 35.5. The average molecular weight is 266 g/mol. The zero-order chi connectivity index (χ0) is 12.8. The minimum atomic E-state index is -0.438. The molecule has 2 aromatic carbocycles. The van der Waals surface area contributed by atoms with Gasteiger partial charge in [-0.15, -0.1) is 0 Å². The van der Waals surface area contributed by atoms with E-state index >= 15 is 0 Å². The highest BCUT2D eigenvalue weighted by Crippen LogP contribution is 2.20. The molecule has 0 aliphatic carbocycles. The third-order valence-corrected chi connectivity index (χ3v) is 2.65. The number of halogens is 2. The molecule has 2 rings (SSSR count). The summed E-state index contributed by atoms with van der Waals surface area (Å²) < 4.78 is 18.4. The summed E-state index contributed by atoms with van der Waals surface area (Å²) in [6.45, 7) is 1.15. The van der Waals surface area contributed by atoms with E-state index < -0.39 is 5.82 Å². The van der Waals surface area contributed by atoms with E-state index in [-0.39, 0.29) is 5.02 Å². The van der Waals surface area contributed by atoms with E-state index in [4.69, 9.17) is 16.3 Å². The molecule has 94 valence electrons. The molecular formula is C14H13ClFNO. The van der Waals surface area contributed by atoms with Gasteiger partial charge in [0.1, 0.15) is 18.2 Å². The summed E-state index contributed by atoms with van der Waals surface area (Å²) in [5.41, 5.74) is 1.04. The highest BCUT2D eigenvalue weighted by Gasteiger charge is 2.01. The van der Waals surface area contributed by atoms with Crippen molar-refractivity contribution in [3.63, 3.8) is 0 Å². The van der Waals surface area contributed by atoms with Gasteiger partial charge in [-0.1, -0.05) is 29.8 Å². The summed E-state index contributed by atoms with van der Waals surface area (Å²) in [4.78, 5) is 0. The molecule has 0 saturated heterocycles. The van der Waals surface area contributed by atoms with Gasteiger partial charge in [-0.2, -0.15) is 0 Å². The molecule has 0 fully saturated rings. The van der Waals surface area contributed by atoms with Gasteiger partial charge in [0, 0.05) is 18.3 Å². The molecule has 0 aliphatic heterocycles. The summed E-state index contributed by atoms with van der Waals surface area (Å²) in [5.74, 6) is 0.127. The quantitative estimate of drug-likeness (QED) is 0.826. The lowest BCUT2D eigenvalue weighted by molar-refractivity contribution is 0.332. The zero-order valence-corrected chi connectivity index (χ0v) is 10.5. The second-order valence-corrected chi connectivity index (χ2v) is 4.12. The van der Waals surface area contributed by atoms with Crippen LogP contribution in [0.1, 0.15) is 0 Å². The van der Waals surface area contributed by atoms with Gasteiger partial charge in [-0.25, -0.2) is 4.39 Å². The number of para-hydroxylation sites is 1. The van der Waals surface area contributed by atoms with Gasteiger partial charge < -0.3 is 10.1 Å². The predicted octanol–water partition coefficient (Wildman–Crippen LogP) is 3.97. The van der Waals surface area contributed by atoms with E-state index in [0.29, 0.717) is 18.9 Å². The smallest absolute Gasteiger partial charge is 0.142 e. The molecule has 0 amide bonds. The van der Waals surface area contributed by atoms with Crippen LogP contribution in [0.15, 0.2) is 48.5 Å². The number of hydrogen-bond donors (Lipinski definition) is 1. The molecule has 1 N–H and O–H groups in total. The van der Waals surface area contributed by atoms with Crippen molar-refractivity contribution in [3.05, 3.63) is 59.4 Å². The van der Waals surface area contributed by atoms with Crippen LogP contribution < -0.4 is 10.1 Å². The topological polar surface area (TPSA) is 21.3 Å². The molecule has 0 aliphatic rings. The molecule has 0 bridgehead atoms. The van der Waals surface area contributed by atoms with Crippen LogP contribution in [-0.4, -0.2) is 13.2 Å². The maximum Gasteiger partial charge on any atom is 0.142 e. The first kappa shape index (κ1) is 12.7. The van der Waals surface area contributed by atoms with E-state index in [2.05, 4.69) is 5.32 Å². The molecule has 4 heteroatoms. The molecule has 0 radical (unpaired) electrons. The molecule has 18 heavy (non-hydrogen) atoms. The minimum absolute atomic E-state index is 0.0727. The Morgan fingerprint density at radius 3 is 2.61 bits per heavy atom. The maximum absolute atomic E-state index is 12.9. The van der Waals surface area contributed by atoms with Crippen LogP contribution in [0.5, 0.6) is 5.75 Å². The third kappa shape index (κ3) is 3.64. The summed E-state index contributed by atoms with van der Waals surface area (Å²) in [7, 11) is 0. The fourth-order valence-electron chi connectivity index (χ4n) is 1.49. The standard InChI is InChI=1S/C14H13ClFNO/c15-13-10-12(6-7-14(13)16)18-9-8-17-11-4-2-1-3-5-11/h1-7,10,17H,8-9H2. The van der Waals surface area contributed by atoms with Crippen molar-refractivity contribution in [2.75, 3.05) is 18.5 Å². The van der Waals surface area contributed by atoms with Crippen LogP contribution in [0.4, 0.5) is 10.1 Å². The van der Waals surface area contributed by atoms with Gasteiger partial charge >= 0.3 is 0 Å². The molecule has 0 unspecified atom stereocenters. The van der Waals surface area contributed by atoms with Crippen LogP contribution in [0.25, 0.3) is 0 Å². The Kier molecular flexibility index (Phi) is 4.42. The Labute approximate surface area is 110 Å². The predicted molar refractivity (Wildman–Crippen MR) is 71.8 cm³/mol. The van der Waals surface area contributed by atoms with Gasteiger partial charge in [0.2, 0.25) is 0 Å². The molecule has 0 spiro atoms. The lowest BCUT2D eigenvalue weighted by atomic mass is 10.3. The van der Waals surface area contributed by atoms with Crippen molar-refractivity contribution in [1.29, 1.82) is 0 Å². The van der Waals surface area contributed by atoms with Gasteiger partial charge in [0.05, 0.1) is 5.02 Å². The second-order valence-electron chi connectivity index (χ2n) is 3.72. The van der Waals surface area contributed by atoms with Crippen molar-refractivity contribution in [2.45, 2.75) is 0 Å². The summed E-state index contributed by atoms with van der Waals surface area (Å²) >= 11 is 5.65. The fourth-order valence-corrected chi connectivity index (χ4v) is 1.66. The number of benzene rings is 2. The lowest BCUT2D eigenvalue weighted by Gasteiger charge is -2.08. The Hall–Kier alpha value is -1.74. The molecule has 2 nitrogen and oxygen atoms in total. The van der Waals surface area contributed by atoms with Crippen LogP contribution in [0.2, 0.25) is 5.02 Å². The first-order valence-electron chi connectivity index (χ1n) is 5.62. The molecule has 0 atom stereocenters. The zero-order valence-electron chi connectivity index (χ0n) is 9.70. The van der Waals surface area contributed by atoms with Gasteiger partial charge in [0.25, 0.3) is 0 Å². The summed E-state index contributed by atoms with van der Waals surface area (Å²) in [5, 5.41) is 3.28. The average Bonchev–Trinajstić information content (AvgIpc) is 2.40. The highest BCUT2D eigenvalue weighted by molar-refractivity contribution is 6.30. The first-order chi connectivity index (χ1) is 8.75. The Morgan fingerprint density at radius 1 is 1.11 bits per heavy atom.